The molecule has 0 aliphatic carbocycles. The molecule has 1 aliphatic heterocycles. The zero-order valence-electron chi connectivity index (χ0n) is 12.5. The van der Waals surface area contributed by atoms with E-state index in [4.69, 9.17) is 5.11 Å². The molecule has 112 valence electrons. The number of nitrogens with zero attached hydrogens (tertiary/aromatic N) is 1. The van der Waals surface area contributed by atoms with Crippen molar-refractivity contribution in [3.63, 3.8) is 0 Å². The van der Waals surface area contributed by atoms with Crippen molar-refractivity contribution < 1.29 is 9.90 Å². The number of rotatable bonds is 7. The molecule has 4 nitrogen and oxygen atoms in total. The van der Waals surface area contributed by atoms with Gasteiger partial charge in [-0.25, -0.2) is 0 Å². The third-order valence-electron chi connectivity index (χ3n) is 4.12. The molecule has 0 aromatic carbocycles. The van der Waals surface area contributed by atoms with E-state index in [2.05, 4.69) is 12.2 Å². The third-order valence-corrected chi connectivity index (χ3v) is 4.12. The average molecular weight is 270 g/mol. The highest BCUT2D eigenvalue weighted by Gasteiger charge is 2.21. The van der Waals surface area contributed by atoms with Gasteiger partial charge in [0.05, 0.1) is 6.04 Å². The van der Waals surface area contributed by atoms with Crippen molar-refractivity contribution in [3.8, 4) is 0 Å². The van der Waals surface area contributed by atoms with Crippen molar-refractivity contribution in [2.45, 2.75) is 58.4 Å². The molecule has 1 aliphatic rings. The molecule has 1 fully saturated rings. The van der Waals surface area contributed by atoms with Crippen LogP contribution in [-0.4, -0.2) is 48.2 Å². The lowest BCUT2D eigenvalue weighted by molar-refractivity contribution is -0.133. The van der Waals surface area contributed by atoms with Gasteiger partial charge in [-0.15, -0.1) is 0 Å². The van der Waals surface area contributed by atoms with Crippen LogP contribution < -0.4 is 5.32 Å². The summed E-state index contributed by atoms with van der Waals surface area (Å²) in [7, 11) is 0. The van der Waals surface area contributed by atoms with Gasteiger partial charge >= 0.3 is 0 Å². The Hall–Kier alpha value is -0.610. The van der Waals surface area contributed by atoms with Crippen LogP contribution in [-0.2, 0) is 4.79 Å². The van der Waals surface area contributed by atoms with Crippen LogP contribution in [0.3, 0.4) is 0 Å². The summed E-state index contributed by atoms with van der Waals surface area (Å²) in [5, 5.41) is 12.3. The fourth-order valence-electron chi connectivity index (χ4n) is 2.63. The number of hydrogen-bond donors (Lipinski definition) is 2. The quantitative estimate of drug-likeness (QED) is 0.741. The number of amides is 1. The molecule has 2 atom stereocenters. The van der Waals surface area contributed by atoms with Gasteiger partial charge in [-0.1, -0.05) is 26.2 Å². The molecule has 0 aromatic rings. The molecule has 0 spiro atoms. The van der Waals surface area contributed by atoms with Gasteiger partial charge < -0.3 is 15.3 Å². The predicted molar refractivity (Wildman–Crippen MR) is 78.0 cm³/mol. The molecule has 0 bridgehead atoms. The number of aliphatic hydroxyl groups is 1. The average Bonchev–Trinajstić information content (AvgIpc) is 2.71. The van der Waals surface area contributed by atoms with E-state index in [0.717, 1.165) is 45.3 Å². The SMILES string of the molecule is CCC(CCO)CNC(C)C(=O)N1CCCCCC1. The molecule has 1 rings (SSSR count). The second-order valence-corrected chi connectivity index (χ2v) is 5.66. The lowest BCUT2D eigenvalue weighted by Crippen LogP contribution is -2.46. The van der Waals surface area contributed by atoms with Crippen molar-refractivity contribution in [3.05, 3.63) is 0 Å². The first-order valence-electron chi connectivity index (χ1n) is 7.82. The third kappa shape index (κ3) is 5.91. The molecule has 4 heteroatoms. The lowest BCUT2D eigenvalue weighted by Gasteiger charge is -2.26. The van der Waals surface area contributed by atoms with E-state index in [-0.39, 0.29) is 18.6 Å². The molecule has 1 amide bonds. The van der Waals surface area contributed by atoms with Gasteiger partial charge in [-0.2, -0.15) is 0 Å². The summed E-state index contributed by atoms with van der Waals surface area (Å²) in [6.07, 6.45) is 6.63. The maximum Gasteiger partial charge on any atom is 0.239 e. The van der Waals surface area contributed by atoms with E-state index in [9.17, 15) is 4.79 Å². The Morgan fingerprint density at radius 3 is 2.42 bits per heavy atom. The number of nitrogens with one attached hydrogen (secondary N) is 1. The summed E-state index contributed by atoms with van der Waals surface area (Å²) < 4.78 is 0. The fraction of sp³-hybridized carbons (Fsp3) is 0.933. The number of aliphatic hydroxyl groups excluding tert-OH is 1. The van der Waals surface area contributed by atoms with E-state index >= 15 is 0 Å². The van der Waals surface area contributed by atoms with E-state index in [1.165, 1.54) is 12.8 Å². The molecule has 2 N–H and O–H groups in total. The Bertz CT molecular complexity index is 251. The Balaban J connectivity index is 2.34. The first-order valence-corrected chi connectivity index (χ1v) is 7.82. The van der Waals surface area contributed by atoms with Crippen LogP contribution in [0.25, 0.3) is 0 Å². The first-order chi connectivity index (χ1) is 9.19. The number of carbonyl (C=O) groups is 1. The Morgan fingerprint density at radius 2 is 1.89 bits per heavy atom. The van der Waals surface area contributed by atoms with Crippen LogP contribution in [0.4, 0.5) is 0 Å². The summed E-state index contributed by atoms with van der Waals surface area (Å²) in [6.45, 7) is 6.96. The second-order valence-electron chi connectivity index (χ2n) is 5.66. The molecule has 2 unspecified atom stereocenters. The summed E-state index contributed by atoms with van der Waals surface area (Å²) in [5.74, 6) is 0.699. The molecule has 0 aromatic heterocycles. The van der Waals surface area contributed by atoms with Gasteiger partial charge in [-0.3, -0.25) is 4.79 Å². The lowest BCUT2D eigenvalue weighted by atomic mass is 10.0. The molecule has 1 heterocycles. The number of likely N-dealkylation sites (tertiary alicyclic amines) is 1. The maximum absolute atomic E-state index is 12.3. The van der Waals surface area contributed by atoms with Crippen molar-refractivity contribution in [1.29, 1.82) is 0 Å². The summed E-state index contributed by atoms with van der Waals surface area (Å²) in [5.41, 5.74) is 0. The van der Waals surface area contributed by atoms with Crippen LogP contribution in [0.15, 0.2) is 0 Å². The standard InChI is InChI=1S/C15H30N2O2/c1-3-14(8-11-18)12-16-13(2)15(19)17-9-6-4-5-7-10-17/h13-14,16,18H,3-12H2,1-2H3. The predicted octanol–water partition coefficient (Wildman–Crippen LogP) is 1.78. The van der Waals surface area contributed by atoms with Crippen LogP contribution in [0.5, 0.6) is 0 Å². The Kier molecular flexibility index (Phi) is 8.07. The summed E-state index contributed by atoms with van der Waals surface area (Å²) >= 11 is 0. The molecule has 0 radical (unpaired) electrons. The number of carbonyl (C=O) groups excluding carboxylic acids is 1. The minimum Gasteiger partial charge on any atom is -0.396 e. The van der Waals surface area contributed by atoms with Gasteiger partial charge in [0.2, 0.25) is 5.91 Å². The van der Waals surface area contributed by atoms with Gasteiger partial charge in [0.1, 0.15) is 0 Å². The number of hydrogen-bond acceptors (Lipinski definition) is 3. The van der Waals surface area contributed by atoms with Gasteiger partial charge in [0, 0.05) is 19.7 Å². The van der Waals surface area contributed by atoms with Crippen LogP contribution >= 0.6 is 0 Å². The van der Waals surface area contributed by atoms with Crippen LogP contribution in [0.1, 0.15) is 52.4 Å². The minimum absolute atomic E-state index is 0.106. The summed E-state index contributed by atoms with van der Waals surface area (Å²) in [6, 6.07) is -0.106. The highest BCUT2D eigenvalue weighted by Crippen LogP contribution is 2.11. The van der Waals surface area contributed by atoms with Crippen molar-refractivity contribution in [1.82, 2.24) is 10.2 Å². The molecule has 0 saturated carbocycles. The Labute approximate surface area is 117 Å². The van der Waals surface area contributed by atoms with Crippen LogP contribution in [0, 0.1) is 5.92 Å². The van der Waals surface area contributed by atoms with E-state index in [0.29, 0.717) is 5.92 Å². The van der Waals surface area contributed by atoms with E-state index in [1.807, 2.05) is 11.8 Å². The monoisotopic (exact) mass is 270 g/mol. The first kappa shape index (κ1) is 16.4. The fourth-order valence-corrected chi connectivity index (χ4v) is 2.63. The maximum atomic E-state index is 12.3. The van der Waals surface area contributed by atoms with Crippen molar-refractivity contribution in [2.75, 3.05) is 26.2 Å². The van der Waals surface area contributed by atoms with Gasteiger partial charge in [-0.05, 0) is 38.6 Å². The Morgan fingerprint density at radius 1 is 1.26 bits per heavy atom. The summed E-state index contributed by atoms with van der Waals surface area (Å²) in [4.78, 5) is 14.3. The topological polar surface area (TPSA) is 52.6 Å². The molecular weight excluding hydrogens is 240 g/mol. The molecule has 19 heavy (non-hydrogen) atoms. The minimum atomic E-state index is -0.106. The van der Waals surface area contributed by atoms with Crippen molar-refractivity contribution in [2.24, 2.45) is 5.92 Å². The highest BCUT2D eigenvalue weighted by molar-refractivity contribution is 5.81. The zero-order valence-corrected chi connectivity index (χ0v) is 12.5. The van der Waals surface area contributed by atoms with Crippen LogP contribution in [0.2, 0.25) is 0 Å². The van der Waals surface area contributed by atoms with Gasteiger partial charge in [0.25, 0.3) is 0 Å². The van der Waals surface area contributed by atoms with Crippen molar-refractivity contribution >= 4 is 5.91 Å². The smallest absolute Gasteiger partial charge is 0.239 e. The normalized spacial score (nSPS) is 19.8. The highest BCUT2D eigenvalue weighted by atomic mass is 16.3. The second kappa shape index (κ2) is 9.32. The largest absolute Gasteiger partial charge is 0.396 e. The molecular formula is C15H30N2O2. The van der Waals surface area contributed by atoms with Gasteiger partial charge in [0.15, 0.2) is 0 Å². The van der Waals surface area contributed by atoms with E-state index < -0.39 is 0 Å². The molecule has 1 saturated heterocycles. The zero-order chi connectivity index (χ0) is 14.1. The van der Waals surface area contributed by atoms with E-state index in [1.54, 1.807) is 0 Å².